The first-order chi connectivity index (χ1) is 11.1. The molecule has 0 atom stereocenters. The van der Waals surface area contributed by atoms with E-state index in [0.29, 0.717) is 11.7 Å². The van der Waals surface area contributed by atoms with Gasteiger partial charge in [-0.25, -0.2) is 4.98 Å². The smallest absolute Gasteiger partial charge is 0.266 e. The molecule has 0 bridgehead atoms. The number of hydrogen-bond acceptors (Lipinski definition) is 5. The van der Waals surface area contributed by atoms with Crippen LogP contribution in [0.3, 0.4) is 0 Å². The van der Waals surface area contributed by atoms with E-state index in [9.17, 15) is 10.1 Å². The van der Waals surface area contributed by atoms with Gasteiger partial charge in [-0.1, -0.05) is 30.3 Å². The number of thiazole rings is 1. The predicted molar refractivity (Wildman–Crippen MR) is 91.6 cm³/mol. The topological polar surface area (TPSA) is 69.0 Å². The molecule has 0 aliphatic rings. The maximum atomic E-state index is 12.7. The number of nitrogens with zero attached hydrogens (tertiary/aromatic N) is 3. The normalized spacial score (nSPS) is 11.1. The minimum absolute atomic E-state index is 0.0145. The van der Waals surface area contributed by atoms with Crippen LogP contribution >= 0.6 is 11.3 Å². The number of aromatic nitrogens is 1. The molecular formula is C17H18N4OS. The predicted octanol–water partition coefficient (Wildman–Crippen LogP) is 3.40. The van der Waals surface area contributed by atoms with Gasteiger partial charge in [0.25, 0.3) is 5.91 Å². The van der Waals surface area contributed by atoms with Crippen molar-refractivity contribution < 1.29 is 4.79 Å². The first-order valence-corrected chi connectivity index (χ1v) is 8.11. The minimum Gasteiger partial charge on any atom is -0.337 e. The molecule has 5 nitrogen and oxygen atoms in total. The Hall–Kier alpha value is -2.65. The monoisotopic (exact) mass is 326 g/mol. The molecule has 6 heteroatoms. The van der Waals surface area contributed by atoms with Crippen molar-refractivity contribution in [3.8, 4) is 6.07 Å². The van der Waals surface area contributed by atoms with E-state index in [2.05, 4.69) is 10.3 Å². The fraction of sp³-hybridized carbons (Fsp3) is 0.235. The van der Waals surface area contributed by atoms with Crippen molar-refractivity contribution in [3.63, 3.8) is 0 Å². The van der Waals surface area contributed by atoms with Crippen molar-refractivity contribution >= 4 is 22.4 Å². The molecule has 23 heavy (non-hydrogen) atoms. The van der Waals surface area contributed by atoms with Gasteiger partial charge in [-0.2, -0.15) is 5.26 Å². The highest BCUT2D eigenvalue weighted by Gasteiger charge is 2.21. The molecule has 1 aromatic heterocycles. The molecule has 1 heterocycles. The van der Waals surface area contributed by atoms with Gasteiger partial charge in [-0.3, -0.25) is 4.79 Å². The third kappa shape index (κ3) is 4.66. The maximum absolute atomic E-state index is 12.7. The fourth-order valence-electron chi connectivity index (χ4n) is 1.99. The summed E-state index contributed by atoms with van der Waals surface area (Å²) in [6.07, 6.45) is 3.08. The lowest BCUT2D eigenvalue weighted by Crippen LogP contribution is -2.37. The Kier molecular flexibility index (Phi) is 5.89. The van der Waals surface area contributed by atoms with E-state index < -0.39 is 0 Å². The summed E-state index contributed by atoms with van der Waals surface area (Å²) in [5.41, 5.74) is 1.09. The molecule has 118 valence electrons. The van der Waals surface area contributed by atoms with E-state index in [-0.39, 0.29) is 17.5 Å². The van der Waals surface area contributed by atoms with Gasteiger partial charge in [0.2, 0.25) is 0 Å². The molecule has 0 saturated carbocycles. The van der Waals surface area contributed by atoms with Gasteiger partial charge in [0.05, 0.1) is 0 Å². The summed E-state index contributed by atoms with van der Waals surface area (Å²) in [5.74, 6) is -0.296. The third-order valence-corrected chi connectivity index (χ3v) is 3.91. The van der Waals surface area contributed by atoms with Gasteiger partial charge < -0.3 is 10.2 Å². The molecule has 0 radical (unpaired) electrons. The zero-order valence-corrected chi connectivity index (χ0v) is 13.9. The lowest BCUT2D eigenvalue weighted by atomic mass is 10.1. The van der Waals surface area contributed by atoms with Crippen LogP contribution in [0, 0.1) is 11.3 Å². The van der Waals surface area contributed by atoms with Crippen molar-refractivity contribution in [2.45, 2.75) is 26.4 Å². The first kappa shape index (κ1) is 16.7. The highest BCUT2D eigenvalue weighted by molar-refractivity contribution is 7.13. The van der Waals surface area contributed by atoms with Crippen molar-refractivity contribution in [1.82, 2.24) is 9.88 Å². The van der Waals surface area contributed by atoms with E-state index in [1.807, 2.05) is 55.6 Å². The van der Waals surface area contributed by atoms with Crippen molar-refractivity contribution in [2.75, 3.05) is 5.32 Å². The Morgan fingerprint density at radius 2 is 2.17 bits per heavy atom. The fourth-order valence-corrected chi connectivity index (χ4v) is 2.49. The third-order valence-electron chi connectivity index (χ3n) is 3.20. The number of carbonyl (C=O) groups is 1. The van der Waals surface area contributed by atoms with E-state index in [1.165, 1.54) is 17.5 Å². The summed E-state index contributed by atoms with van der Waals surface area (Å²) in [6, 6.07) is 11.7. The Balaban J connectivity index is 2.15. The minimum atomic E-state index is -0.296. The van der Waals surface area contributed by atoms with Gasteiger partial charge >= 0.3 is 0 Å². The van der Waals surface area contributed by atoms with Gasteiger partial charge in [0.15, 0.2) is 5.13 Å². The highest BCUT2D eigenvalue weighted by atomic mass is 32.1. The summed E-state index contributed by atoms with van der Waals surface area (Å²) in [7, 11) is 0. The molecule has 0 saturated heterocycles. The number of hydrogen-bond donors (Lipinski definition) is 1. The zero-order valence-electron chi connectivity index (χ0n) is 13.1. The summed E-state index contributed by atoms with van der Waals surface area (Å²) in [4.78, 5) is 18.4. The van der Waals surface area contributed by atoms with Crippen LogP contribution in [0.1, 0.15) is 19.4 Å². The van der Waals surface area contributed by atoms with Gasteiger partial charge in [-0.05, 0) is 19.4 Å². The lowest BCUT2D eigenvalue weighted by molar-refractivity contribution is -0.129. The molecule has 2 aromatic rings. The molecule has 0 spiro atoms. The average molecular weight is 326 g/mol. The molecule has 0 aliphatic carbocycles. The van der Waals surface area contributed by atoms with Crippen LogP contribution in [-0.2, 0) is 11.3 Å². The number of nitrogens with one attached hydrogen (secondary N) is 1. The molecular weight excluding hydrogens is 308 g/mol. The number of carbonyl (C=O) groups excluding carboxylic acids is 1. The number of nitriles is 1. The van der Waals surface area contributed by atoms with Crippen LogP contribution in [0.25, 0.3) is 0 Å². The number of anilines is 1. The van der Waals surface area contributed by atoms with Gasteiger partial charge in [0, 0.05) is 30.4 Å². The Morgan fingerprint density at radius 1 is 1.43 bits per heavy atom. The molecule has 1 N–H and O–H groups in total. The van der Waals surface area contributed by atoms with Crippen LogP contribution in [0.2, 0.25) is 0 Å². The highest BCUT2D eigenvalue weighted by Crippen LogP contribution is 2.14. The van der Waals surface area contributed by atoms with E-state index in [4.69, 9.17) is 0 Å². The maximum Gasteiger partial charge on any atom is 0.266 e. The van der Waals surface area contributed by atoms with Crippen LogP contribution in [0.5, 0.6) is 0 Å². The van der Waals surface area contributed by atoms with E-state index in [1.54, 1.807) is 11.1 Å². The Bertz CT molecular complexity index is 702. The van der Waals surface area contributed by atoms with Gasteiger partial charge in [0.1, 0.15) is 11.6 Å². The van der Waals surface area contributed by atoms with E-state index in [0.717, 1.165) is 5.56 Å². The van der Waals surface area contributed by atoms with Crippen LogP contribution in [-0.4, -0.2) is 21.8 Å². The lowest BCUT2D eigenvalue weighted by Gasteiger charge is -2.26. The second kappa shape index (κ2) is 8.11. The number of amides is 1. The van der Waals surface area contributed by atoms with Crippen molar-refractivity contribution in [2.24, 2.45) is 0 Å². The van der Waals surface area contributed by atoms with Gasteiger partial charge in [-0.15, -0.1) is 11.3 Å². The van der Waals surface area contributed by atoms with Crippen molar-refractivity contribution in [1.29, 1.82) is 5.26 Å². The van der Waals surface area contributed by atoms with Crippen LogP contribution < -0.4 is 5.32 Å². The number of benzene rings is 1. The first-order valence-electron chi connectivity index (χ1n) is 7.23. The van der Waals surface area contributed by atoms with Crippen molar-refractivity contribution in [3.05, 3.63) is 59.2 Å². The number of rotatable bonds is 6. The quantitative estimate of drug-likeness (QED) is 0.652. The summed E-state index contributed by atoms with van der Waals surface area (Å²) in [6.45, 7) is 4.34. The van der Waals surface area contributed by atoms with Crippen LogP contribution in [0.4, 0.5) is 5.13 Å². The second-order valence-electron chi connectivity index (χ2n) is 5.16. The Labute approximate surface area is 139 Å². The summed E-state index contributed by atoms with van der Waals surface area (Å²) < 4.78 is 0. The zero-order chi connectivity index (χ0) is 16.7. The summed E-state index contributed by atoms with van der Waals surface area (Å²) in [5, 5.41) is 14.7. The molecule has 2 rings (SSSR count). The largest absolute Gasteiger partial charge is 0.337 e. The molecule has 1 aromatic carbocycles. The molecule has 1 amide bonds. The average Bonchev–Trinajstić information content (AvgIpc) is 3.07. The molecule has 0 aliphatic heterocycles. The van der Waals surface area contributed by atoms with E-state index >= 15 is 0 Å². The second-order valence-corrected chi connectivity index (χ2v) is 6.06. The Morgan fingerprint density at radius 3 is 2.74 bits per heavy atom. The van der Waals surface area contributed by atoms with Crippen LogP contribution in [0.15, 0.2) is 53.7 Å². The summed E-state index contributed by atoms with van der Waals surface area (Å²) >= 11 is 1.40. The molecule has 0 fully saturated rings. The SMILES string of the molecule is CC(C)N(Cc1ccccc1)C(=O)/C(C#N)=C\Nc1nccs1. The standard InChI is InChI=1S/C17H18N4OS/c1-13(2)21(12-14-6-4-3-5-7-14)16(22)15(10-18)11-20-17-19-8-9-23-17/h3-9,11,13H,12H2,1-2H3,(H,19,20)/b15-11-. The molecule has 0 unspecified atom stereocenters.